The van der Waals surface area contributed by atoms with E-state index in [4.69, 9.17) is 5.73 Å². The maximum Gasteiger partial charge on any atom is 0.330 e. The van der Waals surface area contributed by atoms with Crippen LogP contribution in [0, 0.1) is 0 Å². The zero-order chi connectivity index (χ0) is 9.14. The molecule has 0 radical (unpaired) electrons. The Morgan fingerprint density at radius 3 is 2.92 bits per heavy atom. The van der Waals surface area contributed by atoms with Crippen LogP contribution in [0.1, 0.15) is 13.0 Å². The molecule has 0 spiro atoms. The second-order valence-corrected chi connectivity index (χ2v) is 2.32. The molecule has 0 aromatic carbocycles. The Kier molecular flexibility index (Phi) is 2.27. The summed E-state index contributed by atoms with van der Waals surface area (Å²) in [6.45, 7) is 1.65. The van der Waals surface area contributed by atoms with Crippen molar-refractivity contribution in [2.45, 2.75) is 13.0 Å². The number of ether oxygens (including phenoxy) is 1. The SMILES string of the molecule is COC(=O)C(C)n1cc(N)nn1. The van der Waals surface area contributed by atoms with E-state index >= 15 is 0 Å². The first-order valence-corrected chi connectivity index (χ1v) is 3.40. The standard InChI is InChI=1S/C6H10N4O2/c1-4(6(11)12-2)10-3-5(7)8-9-10/h3-4H,7H2,1-2H3. The summed E-state index contributed by atoms with van der Waals surface area (Å²) in [5.41, 5.74) is 5.31. The molecule has 0 aliphatic carbocycles. The van der Waals surface area contributed by atoms with E-state index in [1.54, 1.807) is 6.92 Å². The first kappa shape index (κ1) is 8.51. The third-order valence-electron chi connectivity index (χ3n) is 1.47. The number of carbonyl (C=O) groups is 1. The summed E-state index contributed by atoms with van der Waals surface area (Å²) in [6, 6.07) is -0.486. The van der Waals surface area contributed by atoms with E-state index in [1.807, 2.05) is 0 Å². The molecule has 0 amide bonds. The van der Waals surface area contributed by atoms with Gasteiger partial charge in [0.1, 0.15) is 6.04 Å². The van der Waals surface area contributed by atoms with Crippen molar-refractivity contribution in [3.63, 3.8) is 0 Å². The minimum Gasteiger partial charge on any atom is -0.467 e. The smallest absolute Gasteiger partial charge is 0.330 e. The van der Waals surface area contributed by atoms with Gasteiger partial charge < -0.3 is 10.5 Å². The van der Waals surface area contributed by atoms with E-state index in [2.05, 4.69) is 15.0 Å². The van der Waals surface area contributed by atoms with Gasteiger partial charge in [-0.25, -0.2) is 9.48 Å². The first-order chi connectivity index (χ1) is 5.65. The number of carbonyl (C=O) groups excluding carboxylic acids is 1. The number of nitrogens with two attached hydrogens (primary N) is 1. The van der Waals surface area contributed by atoms with Crippen LogP contribution in [0.5, 0.6) is 0 Å². The first-order valence-electron chi connectivity index (χ1n) is 3.40. The number of nitrogen functional groups attached to an aromatic ring is 1. The topological polar surface area (TPSA) is 83.0 Å². The molecule has 12 heavy (non-hydrogen) atoms. The summed E-state index contributed by atoms with van der Waals surface area (Å²) in [5.74, 6) is -0.0920. The summed E-state index contributed by atoms with van der Waals surface area (Å²) < 4.78 is 5.86. The number of anilines is 1. The highest BCUT2D eigenvalue weighted by molar-refractivity contribution is 5.73. The molecule has 1 heterocycles. The van der Waals surface area contributed by atoms with E-state index in [0.717, 1.165) is 0 Å². The zero-order valence-corrected chi connectivity index (χ0v) is 6.89. The number of nitrogens with zero attached hydrogens (tertiary/aromatic N) is 3. The summed E-state index contributed by atoms with van der Waals surface area (Å²) in [7, 11) is 1.32. The minimum absolute atomic E-state index is 0.283. The van der Waals surface area contributed by atoms with Crippen LogP contribution in [0.15, 0.2) is 6.20 Å². The van der Waals surface area contributed by atoms with Gasteiger partial charge in [0, 0.05) is 0 Å². The van der Waals surface area contributed by atoms with Gasteiger partial charge in [0.15, 0.2) is 5.82 Å². The van der Waals surface area contributed by atoms with Gasteiger partial charge >= 0.3 is 5.97 Å². The van der Waals surface area contributed by atoms with Gasteiger partial charge in [0.05, 0.1) is 13.3 Å². The average Bonchev–Trinajstić information content (AvgIpc) is 2.49. The molecule has 6 nitrogen and oxygen atoms in total. The van der Waals surface area contributed by atoms with Gasteiger partial charge in [0.2, 0.25) is 0 Å². The molecule has 0 bridgehead atoms. The number of aromatic nitrogens is 3. The molecule has 1 rings (SSSR count). The van der Waals surface area contributed by atoms with Crippen LogP contribution < -0.4 is 5.73 Å². The van der Waals surface area contributed by atoms with Crippen molar-refractivity contribution in [1.82, 2.24) is 15.0 Å². The van der Waals surface area contributed by atoms with Gasteiger partial charge in [-0.2, -0.15) is 0 Å². The lowest BCUT2D eigenvalue weighted by Crippen LogP contribution is -2.18. The van der Waals surface area contributed by atoms with Gasteiger partial charge in [-0.1, -0.05) is 5.21 Å². The van der Waals surface area contributed by atoms with Crippen molar-refractivity contribution in [2.75, 3.05) is 12.8 Å². The predicted molar refractivity (Wildman–Crippen MR) is 41.2 cm³/mol. The third kappa shape index (κ3) is 1.52. The van der Waals surface area contributed by atoms with Gasteiger partial charge in [-0.05, 0) is 6.92 Å². The Bertz CT molecular complexity index is 283. The Hall–Kier alpha value is -1.59. The van der Waals surface area contributed by atoms with Gasteiger partial charge in [-0.15, -0.1) is 5.10 Å². The van der Waals surface area contributed by atoms with Gasteiger partial charge in [0.25, 0.3) is 0 Å². The van der Waals surface area contributed by atoms with Crippen LogP contribution in [-0.2, 0) is 9.53 Å². The molecule has 0 saturated carbocycles. The maximum atomic E-state index is 11.0. The Balaban J connectivity index is 2.77. The van der Waals surface area contributed by atoms with Crippen LogP contribution in [0.25, 0.3) is 0 Å². The molecule has 1 aromatic rings. The summed E-state index contributed by atoms with van der Waals surface area (Å²) in [6.07, 6.45) is 1.47. The maximum absolute atomic E-state index is 11.0. The molecule has 0 aliphatic rings. The molecule has 2 N–H and O–H groups in total. The lowest BCUT2D eigenvalue weighted by molar-refractivity contribution is -0.144. The second kappa shape index (κ2) is 3.21. The number of methoxy groups -OCH3 is 1. The molecule has 0 saturated heterocycles. The van der Waals surface area contributed by atoms with Crippen molar-refractivity contribution < 1.29 is 9.53 Å². The fourth-order valence-corrected chi connectivity index (χ4v) is 0.758. The molecular formula is C6H10N4O2. The Morgan fingerprint density at radius 1 is 1.83 bits per heavy atom. The van der Waals surface area contributed by atoms with Crippen molar-refractivity contribution in [2.24, 2.45) is 0 Å². The lowest BCUT2D eigenvalue weighted by Gasteiger charge is -2.06. The second-order valence-electron chi connectivity index (χ2n) is 2.32. The fourth-order valence-electron chi connectivity index (χ4n) is 0.758. The lowest BCUT2D eigenvalue weighted by atomic mass is 10.3. The average molecular weight is 170 g/mol. The van der Waals surface area contributed by atoms with Crippen molar-refractivity contribution in [1.29, 1.82) is 0 Å². The highest BCUT2D eigenvalue weighted by atomic mass is 16.5. The summed E-state index contributed by atoms with van der Waals surface area (Å²) in [4.78, 5) is 11.0. The quantitative estimate of drug-likeness (QED) is 0.610. The van der Waals surface area contributed by atoms with Crippen LogP contribution in [-0.4, -0.2) is 28.1 Å². The molecule has 66 valence electrons. The number of hydrogen-bond donors (Lipinski definition) is 1. The minimum atomic E-state index is -0.486. The van der Waals surface area contributed by atoms with Crippen molar-refractivity contribution >= 4 is 11.8 Å². The number of esters is 1. The zero-order valence-electron chi connectivity index (χ0n) is 6.89. The fraction of sp³-hybridized carbons (Fsp3) is 0.500. The summed E-state index contributed by atoms with van der Waals surface area (Å²) in [5, 5.41) is 7.16. The largest absolute Gasteiger partial charge is 0.467 e. The van der Waals surface area contributed by atoms with Crippen LogP contribution >= 0.6 is 0 Å². The van der Waals surface area contributed by atoms with Crippen molar-refractivity contribution in [3.05, 3.63) is 6.20 Å². The van der Waals surface area contributed by atoms with E-state index in [9.17, 15) is 4.79 Å². The number of hydrogen-bond acceptors (Lipinski definition) is 5. The molecule has 1 atom stereocenters. The monoisotopic (exact) mass is 170 g/mol. The van der Waals surface area contributed by atoms with E-state index in [1.165, 1.54) is 18.0 Å². The van der Waals surface area contributed by atoms with E-state index in [-0.39, 0.29) is 11.8 Å². The van der Waals surface area contributed by atoms with Crippen molar-refractivity contribution in [3.8, 4) is 0 Å². The molecular weight excluding hydrogens is 160 g/mol. The van der Waals surface area contributed by atoms with Crippen LogP contribution in [0.3, 0.4) is 0 Å². The molecule has 1 aromatic heterocycles. The molecule has 6 heteroatoms. The summed E-state index contributed by atoms with van der Waals surface area (Å²) >= 11 is 0. The molecule has 1 unspecified atom stereocenters. The van der Waals surface area contributed by atoms with Gasteiger partial charge in [-0.3, -0.25) is 0 Å². The van der Waals surface area contributed by atoms with Crippen LogP contribution in [0.2, 0.25) is 0 Å². The highest BCUT2D eigenvalue weighted by Crippen LogP contribution is 2.06. The van der Waals surface area contributed by atoms with E-state index < -0.39 is 6.04 Å². The Labute approximate surface area is 69.3 Å². The Morgan fingerprint density at radius 2 is 2.50 bits per heavy atom. The predicted octanol–water partition coefficient (Wildman–Crippen LogP) is -0.406. The van der Waals surface area contributed by atoms with E-state index in [0.29, 0.717) is 0 Å². The normalized spacial score (nSPS) is 12.5. The third-order valence-corrected chi connectivity index (χ3v) is 1.47. The molecule has 0 fully saturated rings. The molecule has 0 aliphatic heterocycles. The number of rotatable bonds is 2. The highest BCUT2D eigenvalue weighted by Gasteiger charge is 2.15. The van der Waals surface area contributed by atoms with Crippen LogP contribution in [0.4, 0.5) is 5.82 Å².